The Morgan fingerprint density at radius 2 is 2.00 bits per heavy atom. The predicted molar refractivity (Wildman–Crippen MR) is 55.4 cm³/mol. The summed E-state index contributed by atoms with van der Waals surface area (Å²) in [6.07, 6.45) is -0.275. The van der Waals surface area contributed by atoms with Gasteiger partial charge in [0.15, 0.2) is 0 Å². The molecule has 0 unspecified atom stereocenters. The van der Waals surface area contributed by atoms with E-state index in [-0.39, 0.29) is 23.5 Å². The predicted octanol–water partition coefficient (Wildman–Crippen LogP) is 2.85. The topological polar surface area (TPSA) is 50.4 Å². The summed E-state index contributed by atoms with van der Waals surface area (Å²) in [5.41, 5.74) is 0.100. The Morgan fingerprint density at radius 1 is 1.24 bits per heavy atom. The molecular weight excluding hydrogens is 230 g/mol. The van der Waals surface area contributed by atoms with Gasteiger partial charge in [-0.1, -0.05) is 0 Å². The van der Waals surface area contributed by atoms with Crippen LogP contribution in [0.2, 0.25) is 0 Å². The first-order valence-electron chi connectivity index (χ1n) is 4.82. The fourth-order valence-corrected chi connectivity index (χ4v) is 1.46. The Balaban J connectivity index is 2.33. The minimum Gasteiger partial charge on any atom is -0.481 e. The Labute approximate surface area is 95.3 Å². The van der Waals surface area contributed by atoms with Crippen molar-refractivity contribution in [1.82, 2.24) is 0 Å². The summed E-state index contributed by atoms with van der Waals surface area (Å²) < 4.78 is 31.2. The molecule has 1 N–H and O–H groups in total. The number of halogens is 2. The maximum Gasteiger partial charge on any atom is 0.311 e. The standard InChI is InChI=1S/C12H8F2O3/c13-7-1-3-9(10(14)5-7)11-4-2-8(17-11)6-12(15)16/h1-5H,6H2,(H,15,16). The number of hydrogen-bond donors (Lipinski definition) is 1. The highest BCUT2D eigenvalue weighted by Gasteiger charge is 2.12. The van der Waals surface area contributed by atoms with Crippen LogP contribution in [0.5, 0.6) is 0 Å². The number of rotatable bonds is 3. The molecule has 3 nitrogen and oxygen atoms in total. The molecule has 0 fully saturated rings. The fourth-order valence-electron chi connectivity index (χ4n) is 1.46. The zero-order valence-corrected chi connectivity index (χ0v) is 8.61. The molecule has 0 atom stereocenters. The molecule has 17 heavy (non-hydrogen) atoms. The molecule has 0 saturated heterocycles. The molecule has 5 heteroatoms. The summed E-state index contributed by atoms with van der Waals surface area (Å²) in [4.78, 5) is 10.4. The number of aliphatic carboxylic acids is 1. The summed E-state index contributed by atoms with van der Waals surface area (Å²) in [6.45, 7) is 0. The van der Waals surface area contributed by atoms with E-state index in [1.165, 1.54) is 18.2 Å². The van der Waals surface area contributed by atoms with Crippen LogP contribution in [0.4, 0.5) is 8.78 Å². The van der Waals surface area contributed by atoms with Gasteiger partial charge in [-0.15, -0.1) is 0 Å². The number of carboxylic acid groups (broad SMARTS) is 1. The zero-order valence-electron chi connectivity index (χ0n) is 8.61. The SMILES string of the molecule is O=C(O)Cc1ccc(-c2ccc(F)cc2F)o1. The van der Waals surface area contributed by atoms with Gasteiger partial charge >= 0.3 is 5.97 Å². The fraction of sp³-hybridized carbons (Fsp3) is 0.0833. The smallest absolute Gasteiger partial charge is 0.311 e. The molecule has 1 aromatic carbocycles. The van der Waals surface area contributed by atoms with Gasteiger partial charge < -0.3 is 9.52 Å². The summed E-state index contributed by atoms with van der Waals surface area (Å²) in [7, 11) is 0. The molecule has 0 aliphatic rings. The first-order valence-corrected chi connectivity index (χ1v) is 4.82. The Bertz CT molecular complexity index is 561. The lowest BCUT2D eigenvalue weighted by Gasteiger charge is -1.99. The van der Waals surface area contributed by atoms with Gasteiger partial charge in [-0.3, -0.25) is 4.79 Å². The Kier molecular flexibility index (Phi) is 2.91. The van der Waals surface area contributed by atoms with Crippen LogP contribution in [0.1, 0.15) is 5.76 Å². The summed E-state index contributed by atoms with van der Waals surface area (Å²) >= 11 is 0. The normalized spacial score (nSPS) is 10.5. The molecule has 0 bridgehead atoms. The van der Waals surface area contributed by atoms with E-state index in [1.54, 1.807) is 0 Å². The van der Waals surface area contributed by atoms with Crippen molar-refractivity contribution in [3.8, 4) is 11.3 Å². The number of carbonyl (C=O) groups is 1. The van der Waals surface area contributed by atoms with Crippen molar-refractivity contribution >= 4 is 5.97 Å². The third-order valence-corrected chi connectivity index (χ3v) is 2.18. The molecule has 0 aliphatic heterocycles. The van der Waals surface area contributed by atoms with E-state index in [0.717, 1.165) is 12.1 Å². The van der Waals surface area contributed by atoms with Gasteiger partial charge in [-0.05, 0) is 24.3 Å². The van der Waals surface area contributed by atoms with E-state index < -0.39 is 17.6 Å². The van der Waals surface area contributed by atoms with Crippen molar-refractivity contribution in [3.05, 3.63) is 47.7 Å². The lowest BCUT2D eigenvalue weighted by Crippen LogP contribution is -1.97. The number of hydrogen-bond acceptors (Lipinski definition) is 2. The second kappa shape index (κ2) is 4.37. The van der Waals surface area contributed by atoms with Crippen LogP contribution >= 0.6 is 0 Å². The van der Waals surface area contributed by atoms with Gasteiger partial charge in [0.25, 0.3) is 0 Å². The molecule has 0 saturated carbocycles. The summed E-state index contributed by atoms with van der Waals surface area (Å²) in [6, 6.07) is 6.00. The van der Waals surface area contributed by atoms with Gasteiger partial charge in [0.05, 0.1) is 5.56 Å². The molecule has 2 rings (SSSR count). The minimum atomic E-state index is -1.04. The van der Waals surface area contributed by atoms with Crippen molar-refractivity contribution in [2.45, 2.75) is 6.42 Å². The monoisotopic (exact) mass is 238 g/mol. The summed E-state index contributed by atoms with van der Waals surface area (Å²) in [5, 5.41) is 8.55. The first kappa shape index (κ1) is 11.3. The van der Waals surface area contributed by atoms with Crippen LogP contribution in [-0.4, -0.2) is 11.1 Å². The highest BCUT2D eigenvalue weighted by atomic mass is 19.1. The third kappa shape index (κ3) is 2.50. The van der Waals surface area contributed by atoms with Crippen LogP contribution in [0, 0.1) is 11.6 Å². The average molecular weight is 238 g/mol. The largest absolute Gasteiger partial charge is 0.481 e. The van der Waals surface area contributed by atoms with E-state index in [2.05, 4.69) is 0 Å². The second-order valence-electron chi connectivity index (χ2n) is 3.46. The molecule has 0 aliphatic carbocycles. The molecule has 0 amide bonds. The molecule has 88 valence electrons. The quantitative estimate of drug-likeness (QED) is 0.894. The highest BCUT2D eigenvalue weighted by molar-refractivity contribution is 5.70. The van der Waals surface area contributed by atoms with Gasteiger partial charge in [-0.25, -0.2) is 8.78 Å². The van der Waals surface area contributed by atoms with Crippen LogP contribution < -0.4 is 0 Å². The first-order chi connectivity index (χ1) is 8.06. The van der Waals surface area contributed by atoms with Crippen molar-refractivity contribution < 1.29 is 23.1 Å². The molecule has 0 radical (unpaired) electrons. The van der Waals surface area contributed by atoms with E-state index >= 15 is 0 Å². The molecular formula is C12H8F2O3. The number of furan rings is 1. The average Bonchev–Trinajstić information content (AvgIpc) is 2.65. The van der Waals surface area contributed by atoms with Gasteiger partial charge in [0, 0.05) is 6.07 Å². The van der Waals surface area contributed by atoms with Crippen molar-refractivity contribution in [1.29, 1.82) is 0 Å². The van der Waals surface area contributed by atoms with E-state index in [4.69, 9.17) is 9.52 Å². The second-order valence-corrected chi connectivity index (χ2v) is 3.46. The van der Waals surface area contributed by atoms with Gasteiger partial charge in [-0.2, -0.15) is 0 Å². The zero-order chi connectivity index (χ0) is 12.4. The lowest BCUT2D eigenvalue weighted by molar-refractivity contribution is -0.136. The van der Waals surface area contributed by atoms with Crippen LogP contribution in [0.3, 0.4) is 0 Å². The van der Waals surface area contributed by atoms with Gasteiger partial charge in [0.1, 0.15) is 29.6 Å². The maximum atomic E-state index is 13.4. The van der Waals surface area contributed by atoms with Crippen LogP contribution in [-0.2, 0) is 11.2 Å². The van der Waals surface area contributed by atoms with Crippen LogP contribution in [0.25, 0.3) is 11.3 Å². The van der Waals surface area contributed by atoms with E-state index in [9.17, 15) is 13.6 Å². The molecule has 1 heterocycles. The maximum absolute atomic E-state index is 13.4. The molecule has 2 aromatic rings. The lowest BCUT2D eigenvalue weighted by atomic mass is 10.1. The van der Waals surface area contributed by atoms with E-state index in [1.807, 2.05) is 0 Å². The summed E-state index contributed by atoms with van der Waals surface area (Å²) in [5.74, 6) is -2.06. The van der Waals surface area contributed by atoms with Crippen molar-refractivity contribution in [2.24, 2.45) is 0 Å². The van der Waals surface area contributed by atoms with E-state index in [0.29, 0.717) is 0 Å². The molecule has 0 spiro atoms. The minimum absolute atomic E-state index is 0.100. The van der Waals surface area contributed by atoms with Crippen molar-refractivity contribution in [3.63, 3.8) is 0 Å². The number of benzene rings is 1. The third-order valence-electron chi connectivity index (χ3n) is 2.18. The van der Waals surface area contributed by atoms with Crippen molar-refractivity contribution in [2.75, 3.05) is 0 Å². The Morgan fingerprint density at radius 3 is 2.65 bits per heavy atom. The Hall–Kier alpha value is -2.17. The highest BCUT2D eigenvalue weighted by Crippen LogP contribution is 2.25. The molecule has 1 aromatic heterocycles. The van der Waals surface area contributed by atoms with Crippen LogP contribution in [0.15, 0.2) is 34.7 Å². The number of carboxylic acids is 1. The van der Waals surface area contributed by atoms with Gasteiger partial charge in [0.2, 0.25) is 0 Å².